The maximum Gasteiger partial charge on any atom is 0.0760 e. The zero-order chi connectivity index (χ0) is 6.69. The highest BCUT2D eigenvalue weighted by Gasteiger charge is 2.20. The van der Waals surface area contributed by atoms with Crippen molar-refractivity contribution in [2.24, 2.45) is 5.73 Å². The summed E-state index contributed by atoms with van der Waals surface area (Å²) in [5.41, 5.74) is 5.37. The van der Waals surface area contributed by atoms with Crippen LogP contribution in [-0.2, 0) is 4.74 Å². The summed E-state index contributed by atoms with van der Waals surface area (Å²) in [5.74, 6) is 2.31. The van der Waals surface area contributed by atoms with Gasteiger partial charge < -0.3 is 10.5 Å². The molecule has 0 saturated carbocycles. The molecule has 1 aliphatic heterocycles. The first-order chi connectivity index (χ1) is 4.33. The predicted octanol–water partition coefficient (Wildman–Crippen LogP) is 0.466. The molecule has 1 saturated heterocycles. The number of hydrogen-bond donors (Lipinski definition) is 1. The number of ether oxygens (including phenoxy) is 1. The van der Waals surface area contributed by atoms with E-state index in [2.05, 4.69) is 0 Å². The van der Waals surface area contributed by atoms with Gasteiger partial charge in [0, 0.05) is 18.1 Å². The number of nitrogens with two attached hydrogens (primary N) is 1. The van der Waals surface area contributed by atoms with Crippen LogP contribution in [0.4, 0.5) is 0 Å². The lowest BCUT2D eigenvalue weighted by atomic mass is 10.4. The highest BCUT2D eigenvalue weighted by Crippen LogP contribution is 2.21. The fraction of sp³-hybridized carbons (Fsp3) is 1.00. The molecule has 0 spiro atoms. The Balaban J connectivity index is 2.01. The SMILES string of the molecule is CC(CN)OC1CSC1. The van der Waals surface area contributed by atoms with Crippen LogP contribution in [-0.4, -0.2) is 30.3 Å². The Labute approximate surface area is 60.1 Å². The lowest BCUT2D eigenvalue weighted by Gasteiger charge is -2.27. The zero-order valence-electron chi connectivity index (χ0n) is 5.67. The molecular formula is C6H13NOS. The van der Waals surface area contributed by atoms with Crippen molar-refractivity contribution in [1.29, 1.82) is 0 Å². The fourth-order valence-electron chi connectivity index (χ4n) is 0.677. The maximum absolute atomic E-state index is 5.49. The Hall–Kier alpha value is 0.270. The summed E-state index contributed by atoms with van der Waals surface area (Å²) in [6, 6.07) is 0. The summed E-state index contributed by atoms with van der Waals surface area (Å²) in [6.45, 7) is 2.66. The van der Waals surface area contributed by atoms with Gasteiger partial charge in [0.15, 0.2) is 0 Å². The second-order valence-electron chi connectivity index (χ2n) is 2.34. The van der Waals surface area contributed by atoms with E-state index in [-0.39, 0.29) is 6.10 Å². The molecule has 0 aromatic heterocycles. The van der Waals surface area contributed by atoms with E-state index in [0.29, 0.717) is 12.6 Å². The molecule has 0 aliphatic carbocycles. The van der Waals surface area contributed by atoms with E-state index in [4.69, 9.17) is 10.5 Å². The van der Waals surface area contributed by atoms with Crippen LogP contribution in [0, 0.1) is 0 Å². The first-order valence-electron chi connectivity index (χ1n) is 3.26. The Morgan fingerprint density at radius 3 is 2.78 bits per heavy atom. The Kier molecular flexibility index (Phi) is 2.82. The number of rotatable bonds is 3. The third-order valence-corrected chi connectivity index (χ3v) is 2.58. The van der Waals surface area contributed by atoms with Crippen LogP contribution in [0.3, 0.4) is 0 Å². The van der Waals surface area contributed by atoms with Gasteiger partial charge in [0.25, 0.3) is 0 Å². The average Bonchev–Trinajstić information content (AvgIpc) is 1.78. The molecule has 2 nitrogen and oxygen atoms in total. The van der Waals surface area contributed by atoms with Crippen molar-refractivity contribution in [3.63, 3.8) is 0 Å². The van der Waals surface area contributed by atoms with Gasteiger partial charge in [0.2, 0.25) is 0 Å². The van der Waals surface area contributed by atoms with E-state index in [1.165, 1.54) is 0 Å². The highest BCUT2D eigenvalue weighted by atomic mass is 32.2. The first-order valence-corrected chi connectivity index (χ1v) is 4.41. The molecule has 0 radical (unpaired) electrons. The summed E-state index contributed by atoms with van der Waals surface area (Å²) in [6.07, 6.45) is 0.740. The third-order valence-electron chi connectivity index (χ3n) is 1.36. The summed E-state index contributed by atoms with van der Waals surface area (Å²) in [4.78, 5) is 0. The Morgan fingerprint density at radius 2 is 2.44 bits per heavy atom. The van der Waals surface area contributed by atoms with Gasteiger partial charge in [-0.05, 0) is 6.92 Å². The van der Waals surface area contributed by atoms with Gasteiger partial charge in [-0.25, -0.2) is 0 Å². The Bertz CT molecular complexity index is 82.4. The van der Waals surface area contributed by atoms with Crippen molar-refractivity contribution < 1.29 is 4.74 Å². The van der Waals surface area contributed by atoms with Gasteiger partial charge in [-0.15, -0.1) is 0 Å². The quantitative estimate of drug-likeness (QED) is 0.630. The summed E-state index contributed by atoms with van der Waals surface area (Å²) in [5, 5.41) is 0. The molecule has 1 rings (SSSR count). The van der Waals surface area contributed by atoms with Crippen molar-refractivity contribution >= 4 is 11.8 Å². The molecular weight excluding hydrogens is 134 g/mol. The number of thioether (sulfide) groups is 1. The highest BCUT2D eigenvalue weighted by molar-refractivity contribution is 8.00. The second-order valence-corrected chi connectivity index (χ2v) is 3.42. The van der Waals surface area contributed by atoms with E-state index >= 15 is 0 Å². The van der Waals surface area contributed by atoms with E-state index < -0.39 is 0 Å². The molecule has 1 atom stereocenters. The van der Waals surface area contributed by atoms with Crippen LogP contribution in [0.5, 0.6) is 0 Å². The lowest BCUT2D eigenvalue weighted by Crippen LogP contribution is -2.34. The van der Waals surface area contributed by atoms with Crippen LogP contribution < -0.4 is 5.73 Å². The normalized spacial score (nSPS) is 23.3. The van der Waals surface area contributed by atoms with Gasteiger partial charge >= 0.3 is 0 Å². The smallest absolute Gasteiger partial charge is 0.0760 e. The maximum atomic E-state index is 5.49. The minimum absolute atomic E-state index is 0.246. The van der Waals surface area contributed by atoms with Gasteiger partial charge in [-0.1, -0.05) is 0 Å². The minimum atomic E-state index is 0.246. The van der Waals surface area contributed by atoms with E-state index in [9.17, 15) is 0 Å². The second kappa shape index (κ2) is 3.44. The molecule has 0 bridgehead atoms. The standard InChI is InChI=1S/C6H13NOS/c1-5(2-7)8-6-3-9-4-6/h5-6H,2-4,7H2,1H3. The lowest BCUT2D eigenvalue weighted by molar-refractivity contribution is 0.0235. The van der Waals surface area contributed by atoms with Gasteiger partial charge in [0.05, 0.1) is 12.2 Å². The minimum Gasteiger partial charge on any atom is -0.372 e. The fourth-order valence-corrected chi connectivity index (χ4v) is 1.26. The van der Waals surface area contributed by atoms with Gasteiger partial charge in [-0.2, -0.15) is 11.8 Å². The van der Waals surface area contributed by atoms with Crippen molar-refractivity contribution in [2.75, 3.05) is 18.1 Å². The van der Waals surface area contributed by atoms with Crippen molar-refractivity contribution in [2.45, 2.75) is 19.1 Å². The third kappa shape index (κ3) is 2.16. The molecule has 1 aliphatic rings. The van der Waals surface area contributed by atoms with Crippen LogP contribution in [0.25, 0.3) is 0 Å². The molecule has 1 fully saturated rings. The van der Waals surface area contributed by atoms with Crippen LogP contribution in [0.15, 0.2) is 0 Å². The molecule has 54 valence electrons. The molecule has 1 unspecified atom stereocenters. The molecule has 2 N–H and O–H groups in total. The monoisotopic (exact) mass is 147 g/mol. The molecule has 0 amide bonds. The summed E-state index contributed by atoms with van der Waals surface area (Å²) in [7, 11) is 0. The Morgan fingerprint density at radius 1 is 1.78 bits per heavy atom. The molecule has 1 heterocycles. The average molecular weight is 147 g/mol. The molecule has 0 aromatic rings. The van der Waals surface area contributed by atoms with Crippen LogP contribution in [0.1, 0.15) is 6.92 Å². The zero-order valence-corrected chi connectivity index (χ0v) is 6.49. The topological polar surface area (TPSA) is 35.2 Å². The van der Waals surface area contributed by atoms with E-state index in [1.807, 2.05) is 18.7 Å². The van der Waals surface area contributed by atoms with Crippen LogP contribution in [0.2, 0.25) is 0 Å². The van der Waals surface area contributed by atoms with Gasteiger partial charge in [-0.3, -0.25) is 0 Å². The van der Waals surface area contributed by atoms with Crippen LogP contribution >= 0.6 is 11.8 Å². The predicted molar refractivity (Wildman–Crippen MR) is 40.7 cm³/mol. The number of hydrogen-bond acceptors (Lipinski definition) is 3. The largest absolute Gasteiger partial charge is 0.372 e. The van der Waals surface area contributed by atoms with Crippen molar-refractivity contribution in [1.82, 2.24) is 0 Å². The van der Waals surface area contributed by atoms with Crippen molar-refractivity contribution in [3.05, 3.63) is 0 Å². The molecule has 0 aromatic carbocycles. The summed E-state index contributed by atoms with van der Waals surface area (Å²) < 4.78 is 5.49. The summed E-state index contributed by atoms with van der Waals surface area (Å²) >= 11 is 1.93. The molecule has 9 heavy (non-hydrogen) atoms. The van der Waals surface area contributed by atoms with Crippen molar-refractivity contribution in [3.8, 4) is 0 Å². The van der Waals surface area contributed by atoms with E-state index in [0.717, 1.165) is 11.5 Å². The van der Waals surface area contributed by atoms with E-state index in [1.54, 1.807) is 0 Å². The first kappa shape index (κ1) is 7.38. The van der Waals surface area contributed by atoms with Gasteiger partial charge in [0.1, 0.15) is 0 Å². The molecule has 3 heteroatoms.